The zero-order valence-corrected chi connectivity index (χ0v) is 81.6. The van der Waals surface area contributed by atoms with E-state index in [0.29, 0.717) is 72.5 Å². The van der Waals surface area contributed by atoms with Gasteiger partial charge in [-0.2, -0.15) is 0 Å². The third-order valence-electron chi connectivity index (χ3n) is 22.8. The second kappa shape index (κ2) is 57.9. The number of nitrogens with one attached hydrogen (secondary N) is 4. The lowest BCUT2D eigenvalue weighted by Gasteiger charge is -2.35. The van der Waals surface area contributed by atoms with Crippen molar-refractivity contribution < 1.29 is 38.1 Å². The maximum atomic E-state index is 11.7. The van der Waals surface area contributed by atoms with Gasteiger partial charge < -0.3 is 77.8 Å². The molecule has 9 saturated heterocycles. The number of rotatable bonds is 13. The van der Waals surface area contributed by atoms with E-state index >= 15 is 0 Å². The Kier molecular flexibility index (Phi) is 55.2. The summed E-state index contributed by atoms with van der Waals surface area (Å²) in [7, 11) is 0. The highest BCUT2D eigenvalue weighted by Crippen LogP contribution is 2.22. The lowest BCUT2D eigenvalue weighted by Crippen LogP contribution is -2.50. The number of amides is 4. The van der Waals surface area contributed by atoms with Gasteiger partial charge in [0.1, 0.15) is 22.4 Å². The SMILES string of the molecule is CC(C)N1CCC(N)CC1.CC(C)N1CCC(NC(=O)OC(C)(C)C)CC1.CC(C)N1CCCC(N)C1.CC(C)N1CCCC(NC(=O)OC(C)(C)C)C1.CC(C)N1CCCCC1.CC(C)N1CCC[C@@H](N)C1.CC(C)N1CCC[C@@H](NC(=O)OC(C)(C)C)C1.CC(C)N1CCC[C@H](N)C1.CC(C)N1CCC[C@H](NC(=O)OC(C)(C)C)C1. The maximum Gasteiger partial charge on any atom is 0.407 e. The zero-order chi connectivity index (χ0) is 89.1. The second-order valence-electron chi connectivity index (χ2n) is 41.4. The van der Waals surface area contributed by atoms with Crippen LogP contribution in [-0.2, 0) is 18.9 Å². The average Bonchev–Trinajstić information content (AvgIpc) is 0.879. The van der Waals surface area contributed by atoms with Gasteiger partial charge in [-0.3, -0.25) is 29.4 Å². The van der Waals surface area contributed by atoms with Gasteiger partial charge >= 0.3 is 24.4 Å². The molecular weight excluding hydrogens is 1470 g/mol. The van der Waals surface area contributed by atoms with Crippen LogP contribution in [0.3, 0.4) is 0 Å². The lowest BCUT2D eigenvalue weighted by atomic mass is 10.0. The molecule has 12 N–H and O–H groups in total. The molecule has 9 aliphatic rings. The number of hydrogen-bond acceptors (Lipinski definition) is 21. The standard InChI is InChI=1S/4C13H26N2O2.4C8H18N2.C8H17N/c1-10(2)15-8-6-11(7-9-15)14-12(16)17-13(3,4)5;3*1-10(2)15-8-6-7-11(9-15)14-12(16)17-13(3,4)5;1-7(2)10-5-3-8(9)4-6-10;3*1-7(2)10-5-3-4-8(9)6-10;1-8(2)9-6-4-3-5-7-9/h4*10-11H,6-9H2,1-5H3,(H,14,16);4*7-8H,3-6,9H2,1-2H3;8H,3-7H2,1-2H3/t;2*11-;;;2*8-;;/m.10..10../s1. The number of carbonyl (C=O) groups excluding carboxylic acids is 4. The molecule has 0 aromatic carbocycles. The molecule has 0 spiro atoms. The Morgan fingerprint density at radius 2 is 0.419 bits per heavy atom. The largest absolute Gasteiger partial charge is 0.444 e. The van der Waals surface area contributed by atoms with Crippen molar-refractivity contribution in [3.8, 4) is 0 Å². The first-order valence-electron chi connectivity index (χ1n) is 46.9. The molecule has 2 unspecified atom stereocenters. The van der Waals surface area contributed by atoms with Gasteiger partial charge in [0.2, 0.25) is 0 Å². The lowest BCUT2D eigenvalue weighted by molar-refractivity contribution is 0.0450. The molecule has 0 aromatic heterocycles. The number of ether oxygens (including phenoxy) is 4. The van der Waals surface area contributed by atoms with Crippen LogP contribution in [-0.4, -0.2) is 311 Å². The molecule has 9 rings (SSSR count). The van der Waals surface area contributed by atoms with E-state index in [0.717, 1.165) is 129 Å². The van der Waals surface area contributed by atoms with Crippen molar-refractivity contribution in [2.45, 2.75) is 455 Å². The van der Waals surface area contributed by atoms with Crippen LogP contribution < -0.4 is 44.2 Å². The highest BCUT2D eigenvalue weighted by molar-refractivity contribution is 5.69. The van der Waals surface area contributed by atoms with Crippen LogP contribution in [0.25, 0.3) is 0 Å². The van der Waals surface area contributed by atoms with E-state index in [1.54, 1.807) is 0 Å². The number of likely N-dealkylation sites (tertiary alicyclic amines) is 9. The highest BCUT2D eigenvalue weighted by Gasteiger charge is 2.31. The highest BCUT2D eigenvalue weighted by atomic mass is 16.6. The third kappa shape index (κ3) is 56.1. The van der Waals surface area contributed by atoms with Crippen molar-refractivity contribution in [2.75, 3.05) is 118 Å². The Bertz CT molecular complexity index is 2360. The first kappa shape index (κ1) is 112. The summed E-state index contributed by atoms with van der Waals surface area (Å²) < 4.78 is 21.1. The van der Waals surface area contributed by atoms with Crippen molar-refractivity contribution >= 4 is 24.4 Å². The van der Waals surface area contributed by atoms with E-state index in [9.17, 15) is 19.2 Å². The average molecular weight is 1670 g/mol. The van der Waals surface area contributed by atoms with Gasteiger partial charge in [-0.15, -0.1) is 0 Å². The number of hydrogen-bond donors (Lipinski definition) is 8. The van der Waals surface area contributed by atoms with Crippen LogP contribution in [0.5, 0.6) is 0 Å². The molecule has 9 aliphatic heterocycles. The summed E-state index contributed by atoms with van der Waals surface area (Å²) >= 11 is 0. The fraction of sp³-hybridized carbons (Fsp3) is 0.957. The van der Waals surface area contributed by atoms with Crippen LogP contribution >= 0.6 is 0 Å². The molecule has 4 amide bonds. The third-order valence-corrected chi connectivity index (χ3v) is 22.8. The van der Waals surface area contributed by atoms with Gasteiger partial charge in [-0.05, 0) is 389 Å². The fourth-order valence-electron chi connectivity index (χ4n) is 15.6. The normalized spacial score (nSPS) is 24.0. The molecule has 117 heavy (non-hydrogen) atoms. The Hall–Kier alpha value is -3.44. The molecule has 694 valence electrons. The summed E-state index contributed by atoms with van der Waals surface area (Å²) in [5, 5.41) is 11.8. The summed E-state index contributed by atoms with van der Waals surface area (Å²) in [6.07, 6.45) is 21.5. The predicted octanol–water partition coefficient (Wildman–Crippen LogP) is 14.7. The molecule has 0 aliphatic carbocycles. The van der Waals surface area contributed by atoms with Crippen LogP contribution in [0.2, 0.25) is 0 Å². The van der Waals surface area contributed by atoms with E-state index in [2.05, 4.69) is 190 Å². The van der Waals surface area contributed by atoms with Gasteiger partial charge in [-0.25, -0.2) is 19.2 Å². The van der Waals surface area contributed by atoms with Crippen LogP contribution in [0.1, 0.15) is 330 Å². The Morgan fingerprint density at radius 1 is 0.231 bits per heavy atom. The zero-order valence-electron chi connectivity index (χ0n) is 81.6. The number of alkyl carbamates (subject to hydrolysis) is 4. The molecule has 0 saturated carbocycles. The van der Waals surface area contributed by atoms with Crippen LogP contribution in [0.4, 0.5) is 19.2 Å². The molecule has 0 bridgehead atoms. The fourth-order valence-corrected chi connectivity index (χ4v) is 15.6. The minimum Gasteiger partial charge on any atom is -0.444 e. The van der Waals surface area contributed by atoms with Gasteiger partial charge in [-0.1, -0.05) is 6.42 Å². The first-order valence-corrected chi connectivity index (χ1v) is 46.9. The van der Waals surface area contributed by atoms with Crippen molar-refractivity contribution in [1.82, 2.24) is 65.4 Å². The Balaban J connectivity index is 0.000000665. The van der Waals surface area contributed by atoms with E-state index in [1.807, 2.05) is 83.1 Å². The van der Waals surface area contributed by atoms with Gasteiger partial charge in [0, 0.05) is 155 Å². The molecular formula is C92H193N17O8. The number of nitrogens with zero attached hydrogens (tertiary/aromatic N) is 9. The Labute approximate surface area is 719 Å². The topological polar surface area (TPSA) is 287 Å². The molecule has 0 radical (unpaired) electrons. The van der Waals surface area contributed by atoms with Crippen LogP contribution in [0.15, 0.2) is 0 Å². The summed E-state index contributed by atoms with van der Waals surface area (Å²) in [5.74, 6) is 0. The van der Waals surface area contributed by atoms with E-state index in [4.69, 9.17) is 41.9 Å². The van der Waals surface area contributed by atoms with Gasteiger partial charge in [0.15, 0.2) is 0 Å². The summed E-state index contributed by atoms with van der Waals surface area (Å²) in [4.78, 5) is 68.6. The van der Waals surface area contributed by atoms with E-state index < -0.39 is 22.4 Å². The Morgan fingerprint density at radius 3 is 0.615 bits per heavy atom. The number of piperidine rings is 9. The summed E-state index contributed by atoms with van der Waals surface area (Å²) in [5.41, 5.74) is 21.6. The number of nitrogens with two attached hydrogens (primary N) is 4. The molecule has 25 heteroatoms. The van der Waals surface area contributed by atoms with Gasteiger partial charge in [0.25, 0.3) is 0 Å². The summed E-state index contributed by atoms with van der Waals surface area (Å²) in [6.45, 7) is 83.0. The monoisotopic (exact) mass is 1660 g/mol. The molecule has 6 atom stereocenters. The summed E-state index contributed by atoms with van der Waals surface area (Å²) in [6, 6.07) is 8.38. The minimum absolute atomic E-state index is 0.223. The first-order chi connectivity index (χ1) is 54.2. The maximum absolute atomic E-state index is 11.7. The molecule has 9 fully saturated rings. The van der Waals surface area contributed by atoms with Crippen molar-refractivity contribution in [3.63, 3.8) is 0 Å². The van der Waals surface area contributed by atoms with Gasteiger partial charge in [0.05, 0.1) is 0 Å². The predicted molar refractivity (Wildman–Crippen MR) is 493 cm³/mol. The van der Waals surface area contributed by atoms with Crippen molar-refractivity contribution in [2.24, 2.45) is 22.9 Å². The van der Waals surface area contributed by atoms with Crippen molar-refractivity contribution in [3.05, 3.63) is 0 Å². The van der Waals surface area contributed by atoms with Crippen molar-refractivity contribution in [1.29, 1.82) is 0 Å². The molecule has 9 heterocycles. The number of carbonyl (C=O) groups is 4. The smallest absolute Gasteiger partial charge is 0.407 e. The second-order valence-corrected chi connectivity index (χ2v) is 41.4. The molecule has 25 nitrogen and oxygen atoms in total. The van der Waals surface area contributed by atoms with Crippen LogP contribution in [0, 0.1) is 0 Å². The quantitative estimate of drug-likeness (QED) is 0.0795. The minimum atomic E-state index is -0.420. The van der Waals surface area contributed by atoms with E-state index in [-0.39, 0.29) is 48.5 Å². The molecule has 0 aromatic rings. The van der Waals surface area contributed by atoms with E-state index in [1.165, 1.54) is 116 Å².